The number of nitrogens with one attached hydrogen (secondary N) is 1. The predicted octanol–water partition coefficient (Wildman–Crippen LogP) is 3.75. The summed E-state index contributed by atoms with van der Waals surface area (Å²) in [5, 5.41) is 3.66. The third-order valence-electron chi connectivity index (χ3n) is 4.64. The van der Waals surface area contributed by atoms with Gasteiger partial charge in [-0.05, 0) is 44.6 Å². The van der Waals surface area contributed by atoms with Crippen molar-refractivity contribution >= 4 is 23.2 Å². The Labute approximate surface area is 157 Å². The lowest BCUT2D eigenvalue weighted by Crippen LogP contribution is -2.37. The number of aromatic nitrogens is 1. The highest BCUT2D eigenvalue weighted by molar-refractivity contribution is 7.17. The highest BCUT2D eigenvalue weighted by Crippen LogP contribution is 2.32. The standard InChI is InChI=1S/C20H24N2O3S/c1-4-14-5-7-16(8-6-14)19-22-13(3)18(26-19)20(24)25-11-17(23)21-12(2)15-9-10-15/h5-8,12,15H,4,9-11H2,1-3H3,(H,21,23)/t12-/m0/s1. The van der Waals surface area contributed by atoms with E-state index in [2.05, 4.69) is 29.4 Å². The minimum absolute atomic E-state index is 0.143. The molecule has 5 nitrogen and oxygen atoms in total. The summed E-state index contributed by atoms with van der Waals surface area (Å²) < 4.78 is 5.18. The van der Waals surface area contributed by atoms with Crippen LogP contribution in [0.5, 0.6) is 0 Å². The van der Waals surface area contributed by atoms with Crippen molar-refractivity contribution in [2.24, 2.45) is 5.92 Å². The van der Waals surface area contributed by atoms with Crippen molar-refractivity contribution in [3.8, 4) is 10.6 Å². The zero-order valence-corrected chi connectivity index (χ0v) is 16.2. The van der Waals surface area contributed by atoms with Gasteiger partial charge in [0.25, 0.3) is 5.91 Å². The number of rotatable bonds is 7. The van der Waals surface area contributed by atoms with Crippen LogP contribution in [0.1, 0.15) is 47.6 Å². The molecule has 2 aromatic rings. The van der Waals surface area contributed by atoms with Gasteiger partial charge in [0.2, 0.25) is 0 Å². The number of nitrogens with zero attached hydrogens (tertiary/aromatic N) is 1. The molecule has 1 N–H and O–H groups in total. The topological polar surface area (TPSA) is 68.3 Å². The molecule has 0 spiro atoms. The highest BCUT2D eigenvalue weighted by Gasteiger charge is 2.29. The molecule has 3 rings (SSSR count). The van der Waals surface area contributed by atoms with Gasteiger partial charge in [-0.2, -0.15) is 0 Å². The van der Waals surface area contributed by atoms with Crippen molar-refractivity contribution < 1.29 is 14.3 Å². The lowest BCUT2D eigenvalue weighted by Gasteiger charge is -2.12. The van der Waals surface area contributed by atoms with Gasteiger partial charge in [-0.25, -0.2) is 9.78 Å². The van der Waals surface area contributed by atoms with Crippen LogP contribution in [0.25, 0.3) is 10.6 Å². The van der Waals surface area contributed by atoms with E-state index in [0.29, 0.717) is 16.5 Å². The fraction of sp³-hybridized carbons (Fsp3) is 0.450. The van der Waals surface area contributed by atoms with E-state index in [1.165, 1.54) is 16.9 Å². The van der Waals surface area contributed by atoms with Crippen LogP contribution in [0.15, 0.2) is 24.3 Å². The molecular weight excluding hydrogens is 348 g/mol. The molecule has 1 atom stereocenters. The molecule has 0 aliphatic heterocycles. The summed E-state index contributed by atoms with van der Waals surface area (Å²) in [5.41, 5.74) is 2.86. The molecule has 138 valence electrons. The Bertz CT molecular complexity index is 794. The number of hydrogen-bond acceptors (Lipinski definition) is 5. The van der Waals surface area contributed by atoms with E-state index in [4.69, 9.17) is 4.74 Å². The number of esters is 1. The van der Waals surface area contributed by atoms with Crippen molar-refractivity contribution in [3.63, 3.8) is 0 Å². The smallest absolute Gasteiger partial charge is 0.350 e. The van der Waals surface area contributed by atoms with Crippen molar-refractivity contribution in [3.05, 3.63) is 40.4 Å². The first-order valence-corrected chi connectivity index (χ1v) is 9.82. The molecule has 1 aromatic carbocycles. The molecule has 0 bridgehead atoms. The monoisotopic (exact) mass is 372 g/mol. The average molecular weight is 372 g/mol. The van der Waals surface area contributed by atoms with Crippen LogP contribution in [0.4, 0.5) is 0 Å². The highest BCUT2D eigenvalue weighted by atomic mass is 32.1. The molecular formula is C20H24N2O3S. The van der Waals surface area contributed by atoms with Gasteiger partial charge in [-0.3, -0.25) is 4.79 Å². The fourth-order valence-corrected chi connectivity index (χ4v) is 3.76. The first-order valence-electron chi connectivity index (χ1n) is 9.01. The van der Waals surface area contributed by atoms with Crippen molar-refractivity contribution in [2.45, 2.75) is 46.1 Å². The van der Waals surface area contributed by atoms with Gasteiger partial charge in [0, 0.05) is 11.6 Å². The number of carbonyl (C=O) groups excluding carboxylic acids is 2. The summed E-state index contributed by atoms with van der Waals surface area (Å²) >= 11 is 1.30. The molecule has 6 heteroatoms. The third kappa shape index (κ3) is 4.49. The van der Waals surface area contributed by atoms with E-state index < -0.39 is 5.97 Å². The van der Waals surface area contributed by atoms with E-state index in [0.717, 1.165) is 29.8 Å². The molecule has 0 radical (unpaired) electrons. The Morgan fingerprint density at radius 3 is 2.62 bits per heavy atom. The van der Waals surface area contributed by atoms with Crippen LogP contribution in [-0.2, 0) is 16.0 Å². The lowest BCUT2D eigenvalue weighted by molar-refractivity contribution is -0.124. The van der Waals surface area contributed by atoms with Gasteiger partial charge in [0.1, 0.15) is 9.88 Å². The van der Waals surface area contributed by atoms with Crippen molar-refractivity contribution in [1.82, 2.24) is 10.3 Å². The maximum atomic E-state index is 12.3. The van der Waals surface area contributed by atoms with Crippen LogP contribution < -0.4 is 5.32 Å². The zero-order valence-electron chi connectivity index (χ0n) is 15.4. The van der Waals surface area contributed by atoms with Gasteiger partial charge in [0.15, 0.2) is 6.61 Å². The summed E-state index contributed by atoms with van der Waals surface area (Å²) in [6.45, 7) is 5.62. The van der Waals surface area contributed by atoms with Crippen LogP contribution in [0.3, 0.4) is 0 Å². The van der Waals surface area contributed by atoms with Crippen LogP contribution in [0.2, 0.25) is 0 Å². The fourth-order valence-electron chi connectivity index (χ4n) is 2.80. The van der Waals surface area contributed by atoms with Crippen molar-refractivity contribution in [1.29, 1.82) is 0 Å². The Hall–Kier alpha value is -2.21. The number of amides is 1. The summed E-state index contributed by atoms with van der Waals surface area (Å²) in [6.07, 6.45) is 3.29. The second kappa shape index (κ2) is 7.99. The number of thiazole rings is 1. The maximum Gasteiger partial charge on any atom is 0.350 e. The normalized spacial score (nSPS) is 14.7. The minimum atomic E-state index is -0.495. The van der Waals surface area contributed by atoms with E-state index in [1.54, 1.807) is 6.92 Å². The molecule has 1 heterocycles. The SMILES string of the molecule is CCc1ccc(-c2nc(C)c(C(=O)OCC(=O)N[C@@H](C)C3CC3)s2)cc1. The Morgan fingerprint density at radius 1 is 1.31 bits per heavy atom. The molecule has 1 amide bonds. The minimum Gasteiger partial charge on any atom is -0.451 e. The number of ether oxygens (including phenoxy) is 1. The first kappa shape index (κ1) is 18.6. The van der Waals surface area contributed by atoms with Gasteiger partial charge in [-0.15, -0.1) is 11.3 Å². The van der Waals surface area contributed by atoms with Gasteiger partial charge in [-0.1, -0.05) is 31.2 Å². The maximum absolute atomic E-state index is 12.3. The molecule has 1 aromatic heterocycles. The van der Waals surface area contributed by atoms with Gasteiger partial charge >= 0.3 is 5.97 Å². The molecule has 0 unspecified atom stereocenters. The van der Waals surface area contributed by atoms with Crippen LogP contribution in [-0.4, -0.2) is 29.5 Å². The number of hydrogen-bond donors (Lipinski definition) is 1. The summed E-state index contributed by atoms with van der Waals surface area (Å²) in [6, 6.07) is 8.30. The van der Waals surface area contributed by atoms with Crippen LogP contribution >= 0.6 is 11.3 Å². The number of carbonyl (C=O) groups is 2. The van der Waals surface area contributed by atoms with Gasteiger partial charge in [0.05, 0.1) is 5.69 Å². The Kier molecular flexibility index (Phi) is 5.71. The average Bonchev–Trinajstić information content (AvgIpc) is 3.42. The largest absolute Gasteiger partial charge is 0.451 e. The summed E-state index contributed by atoms with van der Waals surface area (Å²) in [7, 11) is 0. The summed E-state index contributed by atoms with van der Waals surface area (Å²) in [4.78, 5) is 29.1. The van der Waals surface area contributed by atoms with E-state index in [9.17, 15) is 9.59 Å². The number of aryl methyl sites for hydroxylation is 2. The second-order valence-electron chi connectivity index (χ2n) is 6.75. The van der Waals surface area contributed by atoms with E-state index in [1.807, 2.05) is 19.1 Å². The molecule has 1 aliphatic rings. The quantitative estimate of drug-likeness (QED) is 0.752. The second-order valence-corrected chi connectivity index (χ2v) is 7.75. The lowest BCUT2D eigenvalue weighted by atomic mass is 10.1. The molecule has 0 saturated heterocycles. The molecule has 26 heavy (non-hydrogen) atoms. The number of benzene rings is 1. The van der Waals surface area contributed by atoms with E-state index in [-0.39, 0.29) is 18.6 Å². The third-order valence-corrected chi connectivity index (χ3v) is 5.83. The van der Waals surface area contributed by atoms with E-state index >= 15 is 0 Å². The Balaban J connectivity index is 1.60. The van der Waals surface area contributed by atoms with Crippen LogP contribution in [0, 0.1) is 12.8 Å². The predicted molar refractivity (Wildman–Crippen MR) is 102 cm³/mol. The van der Waals surface area contributed by atoms with Gasteiger partial charge < -0.3 is 10.1 Å². The molecule has 1 aliphatic carbocycles. The Morgan fingerprint density at radius 2 is 2.00 bits per heavy atom. The summed E-state index contributed by atoms with van der Waals surface area (Å²) in [5.74, 6) is -0.180. The first-order chi connectivity index (χ1) is 12.5. The zero-order chi connectivity index (χ0) is 18.7. The molecule has 1 saturated carbocycles. The van der Waals surface area contributed by atoms with Crippen molar-refractivity contribution in [2.75, 3.05) is 6.61 Å². The molecule has 1 fully saturated rings.